The lowest BCUT2D eigenvalue weighted by Gasteiger charge is -2.05. The molecule has 13 heavy (non-hydrogen) atoms. The maximum absolute atomic E-state index is 11.6. The van der Waals surface area contributed by atoms with Crippen LogP contribution in [0.5, 0.6) is 0 Å². The highest BCUT2D eigenvalue weighted by Gasteiger charge is 2.08. The van der Waals surface area contributed by atoms with Crippen LogP contribution < -0.4 is 0 Å². The Hall–Kier alpha value is -0.250. The summed E-state index contributed by atoms with van der Waals surface area (Å²) >= 11 is 11.4. The van der Waals surface area contributed by atoms with Crippen LogP contribution in [0.15, 0.2) is 23.1 Å². The number of nitrogens with one attached hydrogen (secondary N) is 1. The van der Waals surface area contributed by atoms with Gasteiger partial charge in [0.05, 0.1) is 19.8 Å². The van der Waals surface area contributed by atoms with Gasteiger partial charge in [-0.05, 0) is 18.2 Å². The third-order valence-electron chi connectivity index (χ3n) is 1.68. The van der Waals surface area contributed by atoms with Crippen molar-refractivity contribution in [2.24, 2.45) is 0 Å². The second-order valence-corrected chi connectivity index (χ2v) is 5.75. The Labute approximate surface area is 87.8 Å². The summed E-state index contributed by atoms with van der Waals surface area (Å²) in [5.74, 6) is 0.283. The van der Waals surface area contributed by atoms with E-state index in [2.05, 4.69) is 0 Å². The Balaban J connectivity index is 3.27. The van der Waals surface area contributed by atoms with E-state index in [1.807, 2.05) is 0 Å². The molecule has 1 rings (SSSR count). The van der Waals surface area contributed by atoms with Gasteiger partial charge < -0.3 is 0 Å². The monoisotopic (exact) mass is 237 g/mol. The van der Waals surface area contributed by atoms with E-state index >= 15 is 0 Å². The van der Waals surface area contributed by atoms with Crippen molar-refractivity contribution in [3.8, 4) is 0 Å². The molecular formula is C8H9Cl2NOS. The summed E-state index contributed by atoms with van der Waals surface area (Å²) in [6.07, 6.45) is 0. The Kier molecular flexibility index (Phi) is 3.22. The molecule has 0 aliphatic rings. The van der Waals surface area contributed by atoms with Crippen molar-refractivity contribution in [2.75, 3.05) is 5.75 Å². The van der Waals surface area contributed by atoms with E-state index in [9.17, 15) is 4.21 Å². The quantitative estimate of drug-likeness (QED) is 0.842. The van der Waals surface area contributed by atoms with E-state index in [1.165, 1.54) is 6.07 Å². The topological polar surface area (TPSA) is 40.9 Å². The summed E-state index contributed by atoms with van der Waals surface area (Å²) in [5, 5.41) is 0.754. The molecule has 5 heteroatoms. The van der Waals surface area contributed by atoms with E-state index in [0.29, 0.717) is 14.9 Å². The summed E-state index contributed by atoms with van der Waals surface area (Å²) in [5.41, 5.74) is 0. The highest BCUT2D eigenvalue weighted by molar-refractivity contribution is 7.92. The fourth-order valence-corrected chi connectivity index (χ4v) is 2.14. The van der Waals surface area contributed by atoms with Gasteiger partial charge in [0.25, 0.3) is 0 Å². The molecule has 0 bridgehead atoms. The molecule has 1 N–H and O–H groups in total. The van der Waals surface area contributed by atoms with Crippen molar-refractivity contribution in [1.82, 2.24) is 0 Å². The van der Waals surface area contributed by atoms with Crippen LogP contribution in [-0.2, 0) is 9.73 Å². The normalized spacial score (nSPS) is 15.3. The molecule has 0 aliphatic carbocycles. The van der Waals surface area contributed by atoms with Gasteiger partial charge in [0.2, 0.25) is 0 Å². The average molecular weight is 238 g/mol. The van der Waals surface area contributed by atoms with Crippen LogP contribution in [0.1, 0.15) is 6.92 Å². The van der Waals surface area contributed by atoms with Crippen molar-refractivity contribution in [2.45, 2.75) is 11.8 Å². The molecule has 0 saturated carbocycles. The zero-order valence-corrected chi connectivity index (χ0v) is 9.34. The third kappa shape index (κ3) is 2.36. The first-order valence-electron chi connectivity index (χ1n) is 3.69. The van der Waals surface area contributed by atoms with Gasteiger partial charge in [-0.15, -0.1) is 0 Å². The third-order valence-corrected chi connectivity index (χ3v) is 4.25. The van der Waals surface area contributed by atoms with Crippen molar-refractivity contribution >= 4 is 32.9 Å². The van der Waals surface area contributed by atoms with Gasteiger partial charge in [-0.1, -0.05) is 30.1 Å². The first-order valence-corrected chi connectivity index (χ1v) is 6.17. The van der Waals surface area contributed by atoms with Crippen LogP contribution in [0.4, 0.5) is 0 Å². The lowest BCUT2D eigenvalue weighted by molar-refractivity contribution is 0.675. The van der Waals surface area contributed by atoms with Gasteiger partial charge in [-0.2, -0.15) is 0 Å². The number of hydrogen-bond donors (Lipinski definition) is 1. The van der Waals surface area contributed by atoms with E-state index in [-0.39, 0.29) is 5.75 Å². The van der Waals surface area contributed by atoms with Crippen LogP contribution in [0.2, 0.25) is 10.0 Å². The minimum absolute atomic E-state index is 0.283. The smallest absolute Gasteiger partial charge is 0.0723 e. The average Bonchev–Trinajstić information content (AvgIpc) is 2.09. The molecule has 0 amide bonds. The zero-order valence-electron chi connectivity index (χ0n) is 7.01. The van der Waals surface area contributed by atoms with E-state index < -0.39 is 9.73 Å². The van der Waals surface area contributed by atoms with Gasteiger partial charge in [0.15, 0.2) is 0 Å². The Bertz CT molecular complexity index is 414. The number of rotatable bonds is 2. The molecule has 0 aromatic heterocycles. The molecule has 0 saturated heterocycles. The predicted octanol–water partition coefficient (Wildman–Crippen LogP) is 3.42. The van der Waals surface area contributed by atoms with Gasteiger partial charge in [0.1, 0.15) is 0 Å². The largest absolute Gasteiger partial charge is 0.249 e. The van der Waals surface area contributed by atoms with Crippen molar-refractivity contribution < 1.29 is 4.21 Å². The fraction of sp³-hybridized carbons (Fsp3) is 0.250. The predicted molar refractivity (Wildman–Crippen MR) is 56.1 cm³/mol. The van der Waals surface area contributed by atoms with Gasteiger partial charge >= 0.3 is 0 Å². The standard InChI is InChI=1S/C8H9Cl2NOS/c1-2-13(11,12)6-3-4-7(9)8(10)5-6/h3-5,11H,2H2,1H3/t13-/m1/s1. The molecule has 1 atom stereocenters. The number of hydrogen-bond acceptors (Lipinski definition) is 2. The maximum Gasteiger partial charge on any atom is 0.0723 e. The SMILES string of the molecule is CC[S@@](=N)(=O)c1ccc(Cl)c(Cl)c1. The van der Waals surface area contributed by atoms with Crippen molar-refractivity contribution in [1.29, 1.82) is 4.78 Å². The van der Waals surface area contributed by atoms with E-state index in [4.69, 9.17) is 28.0 Å². The highest BCUT2D eigenvalue weighted by atomic mass is 35.5. The van der Waals surface area contributed by atoms with Crippen LogP contribution in [-0.4, -0.2) is 9.96 Å². The lowest BCUT2D eigenvalue weighted by atomic mass is 10.4. The molecular weight excluding hydrogens is 229 g/mol. The molecule has 2 nitrogen and oxygen atoms in total. The Morgan fingerprint density at radius 1 is 1.38 bits per heavy atom. The summed E-state index contributed by atoms with van der Waals surface area (Å²) in [7, 11) is -2.68. The van der Waals surface area contributed by atoms with Crippen LogP contribution in [0.25, 0.3) is 0 Å². The summed E-state index contributed by atoms with van der Waals surface area (Å²) in [6.45, 7) is 1.71. The number of benzene rings is 1. The van der Waals surface area contributed by atoms with E-state index in [0.717, 1.165) is 0 Å². The molecule has 0 spiro atoms. The van der Waals surface area contributed by atoms with Crippen LogP contribution in [0.3, 0.4) is 0 Å². The Morgan fingerprint density at radius 2 is 2.00 bits per heavy atom. The molecule has 0 aliphatic heterocycles. The fourth-order valence-electron chi connectivity index (χ4n) is 0.849. The first-order chi connectivity index (χ1) is 5.97. The molecule has 1 aromatic rings. The second-order valence-electron chi connectivity index (χ2n) is 2.54. The summed E-state index contributed by atoms with van der Waals surface area (Å²) in [6, 6.07) is 4.62. The molecule has 72 valence electrons. The molecule has 0 unspecified atom stereocenters. The van der Waals surface area contributed by atoms with E-state index in [1.54, 1.807) is 19.1 Å². The summed E-state index contributed by atoms with van der Waals surface area (Å²) < 4.78 is 19.1. The molecule has 1 aromatic carbocycles. The zero-order chi connectivity index (χ0) is 10.1. The van der Waals surface area contributed by atoms with Gasteiger partial charge in [-0.25, -0.2) is 8.99 Å². The van der Waals surface area contributed by atoms with Crippen LogP contribution >= 0.6 is 23.2 Å². The highest BCUT2D eigenvalue weighted by Crippen LogP contribution is 2.25. The van der Waals surface area contributed by atoms with Gasteiger partial charge in [0, 0.05) is 10.6 Å². The maximum atomic E-state index is 11.6. The van der Waals surface area contributed by atoms with Crippen molar-refractivity contribution in [3.05, 3.63) is 28.2 Å². The lowest BCUT2D eigenvalue weighted by Crippen LogP contribution is -2.01. The molecule has 0 heterocycles. The first kappa shape index (κ1) is 10.8. The Morgan fingerprint density at radius 3 is 2.46 bits per heavy atom. The van der Waals surface area contributed by atoms with Gasteiger partial charge in [-0.3, -0.25) is 0 Å². The van der Waals surface area contributed by atoms with Crippen molar-refractivity contribution in [3.63, 3.8) is 0 Å². The minimum Gasteiger partial charge on any atom is -0.249 e. The molecule has 0 radical (unpaired) electrons. The van der Waals surface area contributed by atoms with Crippen LogP contribution in [0, 0.1) is 4.78 Å². The summed E-state index contributed by atoms with van der Waals surface area (Å²) in [4.78, 5) is 0.435. The number of halogens is 2. The minimum atomic E-state index is -2.68. The second kappa shape index (κ2) is 3.86. The molecule has 0 fully saturated rings.